The van der Waals surface area contributed by atoms with Gasteiger partial charge in [0.2, 0.25) is 5.91 Å². The number of benzene rings is 2. The monoisotopic (exact) mass is 338 g/mol. The fourth-order valence-electron chi connectivity index (χ4n) is 3.40. The van der Waals surface area contributed by atoms with Crippen molar-refractivity contribution in [2.45, 2.75) is 18.6 Å². The van der Waals surface area contributed by atoms with Crippen LogP contribution >= 0.6 is 0 Å². The van der Waals surface area contributed by atoms with Gasteiger partial charge in [0.15, 0.2) is 6.10 Å². The molecule has 0 spiro atoms. The first kappa shape index (κ1) is 17.2. The minimum Gasteiger partial charge on any atom is -0.378 e. The minimum atomic E-state index is -1.20. The van der Waals surface area contributed by atoms with Crippen LogP contribution in [0.25, 0.3) is 0 Å². The SMILES string of the molecule is CN1C(=O)CC(CNC(=O)C(O)c2ccccc2)C1c1ccccc1. The highest BCUT2D eigenvalue weighted by atomic mass is 16.3. The van der Waals surface area contributed by atoms with Gasteiger partial charge in [-0.1, -0.05) is 60.7 Å². The Bertz CT molecular complexity index is 733. The van der Waals surface area contributed by atoms with Gasteiger partial charge in [-0.05, 0) is 11.1 Å². The van der Waals surface area contributed by atoms with Crippen molar-refractivity contribution in [1.82, 2.24) is 10.2 Å². The average molecular weight is 338 g/mol. The van der Waals surface area contributed by atoms with Crippen LogP contribution in [0.3, 0.4) is 0 Å². The molecule has 0 saturated carbocycles. The normalized spacial score (nSPS) is 21.2. The molecule has 2 amide bonds. The van der Waals surface area contributed by atoms with Crippen molar-refractivity contribution in [3.63, 3.8) is 0 Å². The fourth-order valence-corrected chi connectivity index (χ4v) is 3.40. The van der Waals surface area contributed by atoms with Crippen LogP contribution in [0.15, 0.2) is 60.7 Å². The van der Waals surface area contributed by atoms with E-state index in [-0.39, 0.29) is 17.9 Å². The maximum Gasteiger partial charge on any atom is 0.253 e. The number of aliphatic hydroxyl groups is 1. The van der Waals surface area contributed by atoms with Crippen LogP contribution in [-0.4, -0.2) is 35.4 Å². The predicted octanol–water partition coefficient (Wildman–Crippen LogP) is 2.06. The van der Waals surface area contributed by atoms with Gasteiger partial charge in [0.1, 0.15) is 0 Å². The van der Waals surface area contributed by atoms with Crippen LogP contribution in [0.5, 0.6) is 0 Å². The molecule has 5 nitrogen and oxygen atoms in total. The summed E-state index contributed by atoms with van der Waals surface area (Å²) in [6.45, 7) is 0.346. The van der Waals surface area contributed by atoms with Crippen molar-refractivity contribution < 1.29 is 14.7 Å². The van der Waals surface area contributed by atoms with E-state index in [4.69, 9.17) is 0 Å². The van der Waals surface area contributed by atoms with E-state index in [2.05, 4.69) is 5.32 Å². The summed E-state index contributed by atoms with van der Waals surface area (Å²) in [6.07, 6.45) is -0.816. The molecule has 1 aliphatic rings. The van der Waals surface area contributed by atoms with Gasteiger partial charge in [-0.3, -0.25) is 9.59 Å². The number of nitrogens with one attached hydrogen (secondary N) is 1. The summed E-state index contributed by atoms with van der Waals surface area (Å²) in [6, 6.07) is 18.6. The lowest BCUT2D eigenvalue weighted by Crippen LogP contribution is -2.35. The Morgan fingerprint density at radius 2 is 1.76 bits per heavy atom. The second-order valence-electron chi connectivity index (χ2n) is 6.38. The molecule has 0 aliphatic carbocycles. The van der Waals surface area contributed by atoms with Crippen molar-refractivity contribution in [1.29, 1.82) is 0 Å². The van der Waals surface area contributed by atoms with Gasteiger partial charge in [-0.25, -0.2) is 0 Å². The highest BCUT2D eigenvalue weighted by Crippen LogP contribution is 2.36. The topological polar surface area (TPSA) is 69.6 Å². The number of aliphatic hydroxyl groups excluding tert-OH is 1. The van der Waals surface area contributed by atoms with E-state index in [1.54, 1.807) is 36.2 Å². The predicted molar refractivity (Wildman–Crippen MR) is 94.5 cm³/mol. The standard InChI is InChI=1S/C20H22N2O3/c1-22-17(23)12-16(18(22)14-8-4-2-5-9-14)13-21-20(25)19(24)15-10-6-3-7-11-15/h2-11,16,18-19,24H,12-13H2,1H3,(H,21,25). The van der Waals surface area contributed by atoms with Crippen molar-refractivity contribution in [3.05, 3.63) is 71.8 Å². The third kappa shape index (κ3) is 3.72. The number of amides is 2. The second-order valence-corrected chi connectivity index (χ2v) is 6.38. The number of hydrogen-bond donors (Lipinski definition) is 2. The molecule has 3 atom stereocenters. The average Bonchev–Trinajstić information content (AvgIpc) is 2.94. The second kappa shape index (κ2) is 7.49. The van der Waals surface area contributed by atoms with Crippen molar-refractivity contribution >= 4 is 11.8 Å². The Kier molecular flexibility index (Phi) is 5.14. The summed E-state index contributed by atoms with van der Waals surface area (Å²) in [7, 11) is 1.79. The molecule has 2 N–H and O–H groups in total. The lowest BCUT2D eigenvalue weighted by Gasteiger charge is -2.26. The zero-order valence-corrected chi connectivity index (χ0v) is 14.1. The number of hydrogen-bond acceptors (Lipinski definition) is 3. The first-order valence-corrected chi connectivity index (χ1v) is 8.39. The highest BCUT2D eigenvalue weighted by molar-refractivity contribution is 5.82. The lowest BCUT2D eigenvalue weighted by molar-refractivity contribution is -0.130. The van der Waals surface area contributed by atoms with E-state index in [1.165, 1.54) is 0 Å². The van der Waals surface area contributed by atoms with Crippen LogP contribution in [0, 0.1) is 5.92 Å². The molecule has 1 fully saturated rings. The van der Waals surface area contributed by atoms with Gasteiger partial charge < -0.3 is 15.3 Å². The number of likely N-dealkylation sites (tertiary alicyclic amines) is 1. The molecular weight excluding hydrogens is 316 g/mol. The maximum absolute atomic E-state index is 12.2. The number of rotatable bonds is 5. The Labute approximate surface area is 147 Å². The quantitative estimate of drug-likeness (QED) is 0.877. The van der Waals surface area contributed by atoms with Crippen LogP contribution in [0.1, 0.15) is 29.7 Å². The van der Waals surface area contributed by atoms with Gasteiger partial charge >= 0.3 is 0 Å². The molecule has 2 aromatic rings. The van der Waals surface area contributed by atoms with Gasteiger partial charge in [-0.15, -0.1) is 0 Å². The lowest BCUT2D eigenvalue weighted by atomic mass is 9.93. The van der Waals surface area contributed by atoms with Gasteiger partial charge in [0, 0.05) is 25.9 Å². The Balaban J connectivity index is 1.67. The van der Waals surface area contributed by atoms with Crippen LogP contribution in [0.4, 0.5) is 0 Å². The van der Waals surface area contributed by atoms with Crippen molar-refractivity contribution in [2.24, 2.45) is 5.92 Å². The minimum absolute atomic E-state index is 0.0215. The molecule has 1 heterocycles. The van der Waals surface area contributed by atoms with E-state index in [1.807, 2.05) is 36.4 Å². The van der Waals surface area contributed by atoms with E-state index in [9.17, 15) is 14.7 Å². The van der Waals surface area contributed by atoms with E-state index < -0.39 is 12.0 Å². The van der Waals surface area contributed by atoms with Crippen LogP contribution < -0.4 is 5.32 Å². The molecule has 1 saturated heterocycles. The molecule has 2 aromatic carbocycles. The molecule has 3 rings (SSSR count). The third-order valence-electron chi connectivity index (χ3n) is 4.74. The zero-order chi connectivity index (χ0) is 17.8. The van der Waals surface area contributed by atoms with Crippen LogP contribution in [-0.2, 0) is 9.59 Å². The van der Waals surface area contributed by atoms with E-state index in [0.717, 1.165) is 5.56 Å². The molecule has 3 unspecified atom stereocenters. The summed E-state index contributed by atoms with van der Waals surface area (Å²) in [5.41, 5.74) is 1.61. The van der Waals surface area contributed by atoms with Crippen molar-refractivity contribution in [2.75, 3.05) is 13.6 Å². The molecule has 1 aliphatic heterocycles. The first-order chi connectivity index (χ1) is 12.1. The Morgan fingerprint density at radius 3 is 2.40 bits per heavy atom. The summed E-state index contributed by atoms with van der Waals surface area (Å²) < 4.78 is 0. The van der Waals surface area contributed by atoms with Gasteiger partial charge in [-0.2, -0.15) is 0 Å². The molecule has 0 aromatic heterocycles. The summed E-state index contributed by atoms with van der Waals surface area (Å²) in [5.74, 6) is -0.399. The Hall–Kier alpha value is -2.66. The van der Waals surface area contributed by atoms with Gasteiger partial charge in [0.25, 0.3) is 5.91 Å². The molecule has 0 radical (unpaired) electrons. The molecule has 130 valence electrons. The summed E-state index contributed by atoms with van der Waals surface area (Å²) in [4.78, 5) is 26.1. The molecule has 5 heteroatoms. The van der Waals surface area contributed by atoms with E-state index >= 15 is 0 Å². The first-order valence-electron chi connectivity index (χ1n) is 8.39. The molecule has 0 bridgehead atoms. The molecule has 25 heavy (non-hydrogen) atoms. The summed E-state index contributed by atoms with van der Waals surface area (Å²) in [5, 5.41) is 13.0. The number of carbonyl (C=O) groups is 2. The fraction of sp³-hybridized carbons (Fsp3) is 0.300. The largest absolute Gasteiger partial charge is 0.378 e. The highest BCUT2D eigenvalue weighted by Gasteiger charge is 2.38. The third-order valence-corrected chi connectivity index (χ3v) is 4.74. The smallest absolute Gasteiger partial charge is 0.253 e. The molecular formula is C20H22N2O3. The van der Waals surface area contributed by atoms with Gasteiger partial charge in [0.05, 0.1) is 6.04 Å². The number of nitrogens with zero attached hydrogens (tertiary/aromatic N) is 1. The zero-order valence-electron chi connectivity index (χ0n) is 14.1. The van der Waals surface area contributed by atoms with Crippen LogP contribution in [0.2, 0.25) is 0 Å². The summed E-state index contributed by atoms with van der Waals surface area (Å²) >= 11 is 0. The van der Waals surface area contributed by atoms with Crippen molar-refractivity contribution in [3.8, 4) is 0 Å². The maximum atomic E-state index is 12.2. The van der Waals surface area contributed by atoms with E-state index in [0.29, 0.717) is 18.5 Å². The number of carbonyl (C=O) groups excluding carboxylic acids is 2. The Morgan fingerprint density at radius 1 is 1.16 bits per heavy atom.